The molecule has 0 bridgehead atoms. The van der Waals surface area contributed by atoms with Gasteiger partial charge < -0.3 is 10.6 Å². The van der Waals surface area contributed by atoms with E-state index in [1.807, 2.05) is 12.4 Å². The largest absolute Gasteiger partial charge is 0.384 e. The van der Waals surface area contributed by atoms with Crippen LogP contribution in [0.4, 0.5) is 5.69 Å². The average molecular weight is 207 g/mol. The van der Waals surface area contributed by atoms with Gasteiger partial charge >= 0.3 is 0 Å². The lowest BCUT2D eigenvalue weighted by Gasteiger charge is -2.13. The number of aromatic nitrogens is 1. The molecule has 0 spiro atoms. The van der Waals surface area contributed by atoms with E-state index in [-0.39, 0.29) is 0 Å². The highest BCUT2D eigenvalue weighted by atomic mass is 14.9. The van der Waals surface area contributed by atoms with Crippen LogP contribution in [0.5, 0.6) is 0 Å². The molecule has 0 radical (unpaired) electrons. The molecule has 1 aromatic rings. The summed E-state index contributed by atoms with van der Waals surface area (Å²) in [7, 11) is 0. The van der Waals surface area contributed by atoms with E-state index in [0.29, 0.717) is 6.04 Å². The molecule has 0 aliphatic heterocycles. The minimum Gasteiger partial charge on any atom is -0.384 e. The predicted molar refractivity (Wildman–Crippen MR) is 65.0 cm³/mol. The van der Waals surface area contributed by atoms with Gasteiger partial charge in [0, 0.05) is 25.3 Å². The average Bonchev–Trinajstić information content (AvgIpc) is 2.24. The Balaban J connectivity index is 2.59. The molecule has 15 heavy (non-hydrogen) atoms. The Hall–Kier alpha value is -1.09. The van der Waals surface area contributed by atoms with Crippen molar-refractivity contribution in [1.29, 1.82) is 0 Å². The highest BCUT2D eigenvalue weighted by molar-refractivity contribution is 5.48. The zero-order valence-electron chi connectivity index (χ0n) is 9.88. The summed E-state index contributed by atoms with van der Waals surface area (Å²) in [6, 6.07) is 2.57. The quantitative estimate of drug-likeness (QED) is 0.752. The molecular formula is C12H21N3. The van der Waals surface area contributed by atoms with E-state index in [1.165, 1.54) is 5.56 Å². The molecule has 1 heterocycles. The first-order valence-electron chi connectivity index (χ1n) is 5.64. The van der Waals surface area contributed by atoms with Gasteiger partial charge in [-0.25, -0.2) is 0 Å². The van der Waals surface area contributed by atoms with Crippen LogP contribution in [-0.2, 0) is 6.54 Å². The van der Waals surface area contributed by atoms with Crippen molar-refractivity contribution in [3.63, 3.8) is 0 Å². The van der Waals surface area contributed by atoms with Crippen molar-refractivity contribution in [1.82, 2.24) is 10.3 Å². The minimum absolute atomic E-state index is 0.511. The number of anilines is 1. The fourth-order valence-electron chi connectivity index (χ4n) is 1.31. The molecule has 3 nitrogen and oxygen atoms in total. The maximum Gasteiger partial charge on any atom is 0.0572 e. The Morgan fingerprint density at radius 2 is 2.20 bits per heavy atom. The number of hydrogen-bond donors (Lipinski definition) is 2. The smallest absolute Gasteiger partial charge is 0.0572 e. The van der Waals surface area contributed by atoms with Crippen molar-refractivity contribution < 1.29 is 0 Å². The lowest BCUT2D eigenvalue weighted by Crippen LogP contribution is -2.22. The van der Waals surface area contributed by atoms with Gasteiger partial charge in [0.15, 0.2) is 0 Å². The van der Waals surface area contributed by atoms with E-state index in [0.717, 1.165) is 25.2 Å². The van der Waals surface area contributed by atoms with Crippen molar-refractivity contribution in [3.8, 4) is 0 Å². The topological polar surface area (TPSA) is 37.0 Å². The molecule has 0 aliphatic carbocycles. The minimum atomic E-state index is 0.511. The van der Waals surface area contributed by atoms with Crippen LogP contribution in [0.15, 0.2) is 18.5 Å². The third-order valence-electron chi connectivity index (χ3n) is 2.18. The van der Waals surface area contributed by atoms with Crippen molar-refractivity contribution in [3.05, 3.63) is 24.0 Å². The van der Waals surface area contributed by atoms with Gasteiger partial charge in [0.05, 0.1) is 11.9 Å². The molecule has 0 aromatic carbocycles. The van der Waals surface area contributed by atoms with Crippen LogP contribution in [0.1, 0.15) is 32.8 Å². The Bertz CT molecular complexity index is 284. The second-order valence-electron chi connectivity index (χ2n) is 4.00. The van der Waals surface area contributed by atoms with Crippen molar-refractivity contribution in [2.24, 2.45) is 0 Å². The summed E-state index contributed by atoms with van der Waals surface area (Å²) >= 11 is 0. The second-order valence-corrected chi connectivity index (χ2v) is 4.00. The van der Waals surface area contributed by atoms with Crippen LogP contribution in [0.2, 0.25) is 0 Å². The van der Waals surface area contributed by atoms with Crippen molar-refractivity contribution in [2.45, 2.75) is 39.8 Å². The van der Waals surface area contributed by atoms with Gasteiger partial charge in [0.1, 0.15) is 0 Å². The molecule has 1 rings (SSSR count). The number of nitrogens with zero attached hydrogens (tertiary/aromatic N) is 1. The summed E-state index contributed by atoms with van der Waals surface area (Å²) in [5, 5.41) is 6.79. The molecule has 3 heteroatoms. The molecule has 2 N–H and O–H groups in total. The third-order valence-corrected chi connectivity index (χ3v) is 2.18. The molecule has 1 aromatic heterocycles. The maximum atomic E-state index is 4.14. The summed E-state index contributed by atoms with van der Waals surface area (Å²) in [5.41, 5.74) is 2.43. The highest BCUT2D eigenvalue weighted by Crippen LogP contribution is 2.13. The van der Waals surface area contributed by atoms with E-state index in [9.17, 15) is 0 Å². The van der Waals surface area contributed by atoms with E-state index in [4.69, 9.17) is 0 Å². The van der Waals surface area contributed by atoms with Crippen LogP contribution in [-0.4, -0.2) is 17.6 Å². The third kappa shape index (κ3) is 4.30. The molecule has 0 atom stereocenters. The first-order chi connectivity index (χ1) is 7.24. The summed E-state index contributed by atoms with van der Waals surface area (Å²) < 4.78 is 0. The van der Waals surface area contributed by atoms with Gasteiger partial charge in [-0.05, 0) is 18.1 Å². The van der Waals surface area contributed by atoms with Gasteiger partial charge in [-0.1, -0.05) is 20.8 Å². The lowest BCUT2D eigenvalue weighted by atomic mass is 10.2. The summed E-state index contributed by atoms with van der Waals surface area (Å²) in [4.78, 5) is 4.14. The van der Waals surface area contributed by atoms with Crippen LogP contribution >= 0.6 is 0 Å². The molecule has 0 aliphatic rings. The summed E-state index contributed by atoms with van der Waals surface area (Å²) in [5.74, 6) is 0. The van der Waals surface area contributed by atoms with E-state index < -0.39 is 0 Å². The van der Waals surface area contributed by atoms with E-state index in [2.05, 4.69) is 42.5 Å². The molecular weight excluding hydrogens is 186 g/mol. The van der Waals surface area contributed by atoms with Gasteiger partial charge in [-0.2, -0.15) is 0 Å². The number of hydrogen-bond acceptors (Lipinski definition) is 3. The van der Waals surface area contributed by atoms with E-state index >= 15 is 0 Å². The number of nitrogens with one attached hydrogen (secondary N) is 2. The molecule has 0 saturated carbocycles. The molecule has 0 saturated heterocycles. The monoisotopic (exact) mass is 207 g/mol. The highest BCUT2D eigenvalue weighted by Gasteiger charge is 2.01. The first-order valence-corrected chi connectivity index (χ1v) is 5.64. The SMILES string of the molecule is CCCNc1cnccc1CNC(C)C. The zero-order valence-corrected chi connectivity index (χ0v) is 9.88. The van der Waals surface area contributed by atoms with Crippen molar-refractivity contribution in [2.75, 3.05) is 11.9 Å². The fraction of sp³-hybridized carbons (Fsp3) is 0.583. The van der Waals surface area contributed by atoms with Crippen LogP contribution in [0.25, 0.3) is 0 Å². The maximum absolute atomic E-state index is 4.14. The summed E-state index contributed by atoms with van der Waals surface area (Å²) in [6.45, 7) is 8.36. The van der Waals surface area contributed by atoms with Gasteiger partial charge in [-0.15, -0.1) is 0 Å². The van der Waals surface area contributed by atoms with Gasteiger partial charge in [-0.3, -0.25) is 4.98 Å². The standard InChI is InChI=1S/C12H21N3/c1-4-6-14-12-9-13-7-5-11(12)8-15-10(2)3/h5,7,9-10,14-15H,4,6,8H2,1-3H3. The Morgan fingerprint density at radius 1 is 1.40 bits per heavy atom. The molecule has 0 unspecified atom stereocenters. The molecule has 84 valence electrons. The lowest BCUT2D eigenvalue weighted by molar-refractivity contribution is 0.589. The van der Waals surface area contributed by atoms with Gasteiger partial charge in [0.25, 0.3) is 0 Å². The predicted octanol–water partition coefficient (Wildman–Crippen LogP) is 2.40. The van der Waals surface area contributed by atoms with Crippen molar-refractivity contribution >= 4 is 5.69 Å². The number of pyridine rings is 1. The fourth-order valence-corrected chi connectivity index (χ4v) is 1.31. The second kappa shape index (κ2) is 6.40. The van der Waals surface area contributed by atoms with Gasteiger partial charge in [0.2, 0.25) is 0 Å². The van der Waals surface area contributed by atoms with Crippen LogP contribution in [0.3, 0.4) is 0 Å². The molecule has 0 fully saturated rings. The first kappa shape index (κ1) is 12.0. The number of rotatable bonds is 6. The Morgan fingerprint density at radius 3 is 2.87 bits per heavy atom. The molecule has 0 amide bonds. The van der Waals surface area contributed by atoms with E-state index in [1.54, 1.807) is 0 Å². The summed E-state index contributed by atoms with van der Waals surface area (Å²) in [6.07, 6.45) is 4.87. The Labute approximate surface area is 92.3 Å². The normalized spacial score (nSPS) is 10.7. The zero-order chi connectivity index (χ0) is 11.1. The van der Waals surface area contributed by atoms with Crippen LogP contribution in [0, 0.1) is 0 Å². The Kier molecular flexibility index (Phi) is 5.12. The van der Waals surface area contributed by atoms with Crippen LogP contribution < -0.4 is 10.6 Å².